The van der Waals surface area contributed by atoms with Crippen LogP contribution in [0, 0.1) is 0 Å². The highest BCUT2D eigenvalue weighted by Gasteiger charge is 2.28. The van der Waals surface area contributed by atoms with Crippen LogP contribution in [-0.4, -0.2) is 27.8 Å². The Bertz CT molecular complexity index is 182. The number of hydrogen-bond acceptors (Lipinski definition) is 2. The predicted molar refractivity (Wildman–Crippen MR) is 63.0 cm³/mol. The third kappa shape index (κ3) is 3.35. The molecule has 14 heavy (non-hydrogen) atoms. The highest BCUT2D eigenvalue weighted by atomic mass is 32.2. The number of hydrogen-bond donors (Lipinski definition) is 1. The van der Waals surface area contributed by atoms with Crippen molar-refractivity contribution in [2.45, 2.75) is 57.2 Å². The Morgan fingerprint density at radius 3 is 2.64 bits per heavy atom. The average molecular weight is 217 g/mol. The summed E-state index contributed by atoms with van der Waals surface area (Å²) in [7, 11) is -0.601. The van der Waals surface area contributed by atoms with Crippen LogP contribution >= 0.6 is 0 Å². The van der Waals surface area contributed by atoms with Gasteiger partial charge in [-0.1, -0.05) is 26.7 Å². The van der Waals surface area contributed by atoms with Gasteiger partial charge in [0.15, 0.2) is 0 Å². The third-order valence-electron chi connectivity index (χ3n) is 2.91. The van der Waals surface area contributed by atoms with E-state index in [4.69, 9.17) is 0 Å². The minimum atomic E-state index is -0.601. The second kappa shape index (κ2) is 6.57. The van der Waals surface area contributed by atoms with Gasteiger partial charge in [0.2, 0.25) is 0 Å². The maximum Gasteiger partial charge on any atom is 0.0501 e. The maximum atomic E-state index is 12.0. The number of nitrogens with one attached hydrogen (secondary N) is 1. The Hall–Kier alpha value is 0.110. The fourth-order valence-electron chi connectivity index (χ4n) is 2.26. The standard InChI is InChI=1S/C11H23NOS/c1-3-9-14(13)11-8-6-5-7-10(11)12-4-2/h10-12H,3-9H2,1-2H3. The summed E-state index contributed by atoms with van der Waals surface area (Å²) >= 11 is 0. The molecule has 2 nitrogen and oxygen atoms in total. The molecule has 0 radical (unpaired) electrons. The largest absolute Gasteiger partial charge is 0.313 e. The van der Waals surface area contributed by atoms with Gasteiger partial charge in [-0.15, -0.1) is 0 Å². The van der Waals surface area contributed by atoms with E-state index in [-0.39, 0.29) is 0 Å². The van der Waals surface area contributed by atoms with Crippen LogP contribution in [0.25, 0.3) is 0 Å². The molecule has 1 aliphatic rings. The molecule has 0 spiro atoms. The Kier molecular flexibility index (Phi) is 5.71. The zero-order valence-electron chi connectivity index (χ0n) is 9.42. The van der Waals surface area contributed by atoms with Crippen molar-refractivity contribution in [1.29, 1.82) is 0 Å². The molecule has 84 valence electrons. The molecule has 0 aromatic rings. The molecule has 0 aromatic carbocycles. The molecule has 1 fully saturated rings. The zero-order valence-corrected chi connectivity index (χ0v) is 10.2. The molecule has 0 saturated heterocycles. The van der Waals surface area contributed by atoms with Crippen LogP contribution in [-0.2, 0) is 10.8 Å². The molecular weight excluding hydrogens is 194 g/mol. The van der Waals surface area contributed by atoms with Gasteiger partial charge in [0.05, 0.1) is 5.25 Å². The van der Waals surface area contributed by atoms with Crippen molar-refractivity contribution in [3.63, 3.8) is 0 Å². The van der Waals surface area contributed by atoms with E-state index in [2.05, 4.69) is 19.2 Å². The molecule has 0 aliphatic heterocycles. The summed E-state index contributed by atoms with van der Waals surface area (Å²) < 4.78 is 12.0. The fourth-order valence-corrected chi connectivity index (χ4v) is 3.99. The molecule has 1 rings (SSSR count). The maximum absolute atomic E-state index is 12.0. The van der Waals surface area contributed by atoms with E-state index >= 15 is 0 Å². The van der Waals surface area contributed by atoms with E-state index in [0.717, 1.165) is 25.1 Å². The van der Waals surface area contributed by atoms with Crippen LogP contribution in [0.2, 0.25) is 0 Å². The van der Waals surface area contributed by atoms with E-state index in [1.54, 1.807) is 0 Å². The van der Waals surface area contributed by atoms with Gasteiger partial charge in [-0.05, 0) is 25.8 Å². The lowest BCUT2D eigenvalue weighted by Gasteiger charge is -2.31. The van der Waals surface area contributed by atoms with Crippen LogP contribution < -0.4 is 5.32 Å². The van der Waals surface area contributed by atoms with Crippen LogP contribution in [0.4, 0.5) is 0 Å². The lowest BCUT2D eigenvalue weighted by Crippen LogP contribution is -2.44. The smallest absolute Gasteiger partial charge is 0.0501 e. The third-order valence-corrected chi connectivity index (χ3v) is 4.96. The second-order valence-electron chi connectivity index (χ2n) is 4.07. The van der Waals surface area contributed by atoms with Crippen molar-refractivity contribution in [2.24, 2.45) is 0 Å². The first kappa shape index (κ1) is 12.2. The fraction of sp³-hybridized carbons (Fsp3) is 1.00. The molecule has 3 heteroatoms. The van der Waals surface area contributed by atoms with Crippen LogP contribution in [0.1, 0.15) is 46.0 Å². The summed E-state index contributed by atoms with van der Waals surface area (Å²) in [6.45, 7) is 5.25. The van der Waals surface area contributed by atoms with Crippen LogP contribution in [0.3, 0.4) is 0 Å². The lowest BCUT2D eigenvalue weighted by molar-refractivity contribution is 0.385. The quantitative estimate of drug-likeness (QED) is 0.764. The molecule has 1 N–H and O–H groups in total. The van der Waals surface area contributed by atoms with Crippen LogP contribution in [0.5, 0.6) is 0 Å². The zero-order chi connectivity index (χ0) is 10.4. The molecule has 3 unspecified atom stereocenters. The summed E-state index contributed by atoms with van der Waals surface area (Å²) in [5.41, 5.74) is 0. The van der Waals surface area contributed by atoms with Crippen molar-refractivity contribution >= 4 is 10.8 Å². The summed E-state index contributed by atoms with van der Waals surface area (Å²) in [6, 6.07) is 0.515. The Morgan fingerprint density at radius 1 is 1.29 bits per heavy atom. The van der Waals surface area contributed by atoms with E-state index in [1.807, 2.05) is 0 Å². The van der Waals surface area contributed by atoms with Gasteiger partial charge < -0.3 is 5.32 Å². The average Bonchev–Trinajstić information content (AvgIpc) is 2.19. The molecule has 1 aliphatic carbocycles. The normalized spacial score (nSPS) is 30.1. The van der Waals surface area contributed by atoms with Crippen molar-refractivity contribution < 1.29 is 4.21 Å². The SMILES string of the molecule is CCCS(=O)C1CCCCC1NCC. The first-order chi connectivity index (χ1) is 6.79. The molecular formula is C11H23NOS. The predicted octanol–water partition coefficient (Wildman–Crippen LogP) is 2.07. The summed E-state index contributed by atoms with van der Waals surface area (Å²) in [5, 5.41) is 3.90. The van der Waals surface area contributed by atoms with Crippen molar-refractivity contribution in [1.82, 2.24) is 5.32 Å². The minimum Gasteiger partial charge on any atom is -0.313 e. The van der Waals surface area contributed by atoms with E-state index in [0.29, 0.717) is 11.3 Å². The minimum absolute atomic E-state index is 0.420. The Balaban J connectivity index is 2.48. The monoisotopic (exact) mass is 217 g/mol. The highest BCUT2D eigenvalue weighted by Crippen LogP contribution is 2.23. The summed E-state index contributed by atoms with van der Waals surface area (Å²) in [4.78, 5) is 0. The lowest BCUT2D eigenvalue weighted by atomic mass is 9.95. The van der Waals surface area contributed by atoms with Gasteiger partial charge in [0, 0.05) is 22.6 Å². The summed E-state index contributed by atoms with van der Waals surface area (Å²) in [5.74, 6) is 0.882. The van der Waals surface area contributed by atoms with Crippen molar-refractivity contribution in [2.75, 3.05) is 12.3 Å². The van der Waals surface area contributed by atoms with E-state index in [1.165, 1.54) is 19.3 Å². The van der Waals surface area contributed by atoms with Gasteiger partial charge >= 0.3 is 0 Å². The van der Waals surface area contributed by atoms with Gasteiger partial charge in [0.25, 0.3) is 0 Å². The van der Waals surface area contributed by atoms with Crippen molar-refractivity contribution in [3.8, 4) is 0 Å². The molecule has 0 bridgehead atoms. The highest BCUT2D eigenvalue weighted by molar-refractivity contribution is 7.85. The van der Waals surface area contributed by atoms with E-state index in [9.17, 15) is 4.21 Å². The first-order valence-electron chi connectivity index (χ1n) is 5.90. The van der Waals surface area contributed by atoms with Gasteiger partial charge in [-0.3, -0.25) is 4.21 Å². The summed E-state index contributed by atoms with van der Waals surface area (Å²) in [6.07, 6.45) is 5.99. The number of rotatable bonds is 5. The van der Waals surface area contributed by atoms with Gasteiger partial charge in [-0.25, -0.2) is 0 Å². The van der Waals surface area contributed by atoms with E-state index < -0.39 is 10.8 Å². The Morgan fingerprint density at radius 2 is 2.00 bits per heavy atom. The van der Waals surface area contributed by atoms with Crippen LogP contribution in [0.15, 0.2) is 0 Å². The topological polar surface area (TPSA) is 29.1 Å². The molecule has 0 aromatic heterocycles. The second-order valence-corrected chi connectivity index (χ2v) is 5.85. The molecule has 3 atom stereocenters. The van der Waals surface area contributed by atoms with Gasteiger partial charge in [-0.2, -0.15) is 0 Å². The molecule has 1 saturated carbocycles. The van der Waals surface area contributed by atoms with Gasteiger partial charge in [0.1, 0.15) is 0 Å². The molecule has 0 amide bonds. The Labute approximate surface area is 90.3 Å². The van der Waals surface area contributed by atoms with Crippen molar-refractivity contribution in [3.05, 3.63) is 0 Å². The molecule has 0 heterocycles. The first-order valence-corrected chi connectivity index (χ1v) is 7.28.